The van der Waals surface area contributed by atoms with Crippen molar-refractivity contribution in [2.24, 2.45) is 0 Å². The zero-order valence-electron chi connectivity index (χ0n) is 15.9. The molecule has 28 heavy (non-hydrogen) atoms. The fraction of sp³-hybridized carbons (Fsp3) is 0.286. The number of aryl methyl sites for hydroxylation is 1. The van der Waals surface area contributed by atoms with Crippen molar-refractivity contribution in [1.29, 1.82) is 0 Å². The lowest BCUT2D eigenvalue weighted by Gasteiger charge is -2.04. The van der Waals surface area contributed by atoms with E-state index < -0.39 is 15.9 Å². The summed E-state index contributed by atoms with van der Waals surface area (Å²) in [5.41, 5.74) is 3.61. The van der Waals surface area contributed by atoms with Crippen molar-refractivity contribution in [2.75, 3.05) is 12.4 Å². The number of aromatic nitrogens is 1. The molecule has 0 aliphatic carbocycles. The van der Waals surface area contributed by atoms with Gasteiger partial charge < -0.3 is 13.7 Å². The third-order valence-electron chi connectivity index (χ3n) is 4.31. The minimum Gasteiger partial charge on any atom is -0.748 e. The highest BCUT2D eigenvalue weighted by molar-refractivity contribution is 7.85. The number of rotatable bonds is 8. The molecular weight excluding hydrogens is 378 g/mol. The Bertz CT molecular complexity index is 1080. The fourth-order valence-electron chi connectivity index (χ4n) is 3.09. The number of hydrogen-bond donors (Lipinski definition) is 0. The molecule has 0 bridgehead atoms. The standard InChI is InChI=1S/C21H23NO5S/c1-3-26-16(2)14-21-22(12-7-13-28(23,24)25)19-15-18(10-11-20(19)27-21)17-8-5-4-6-9-17/h4-6,8-11,14-15H,3,7,12-13H2,1-2H3/b16-14+. The van der Waals surface area contributed by atoms with Gasteiger partial charge in [-0.15, -0.1) is 0 Å². The number of nitrogens with zero attached hydrogens (tertiary/aromatic N) is 1. The Labute approximate surface area is 164 Å². The van der Waals surface area contributed by atoms with Gasteiger partial charge in [-0.05, 0) is 31.0 Å². The summed E-state index contributed by atoms with van der Waals surface area (Å²) in [4.78, 5) is 0. The monoisotopic (exact) mass is 401 g/mol. The first-order valence-corrected chi connectivity index (χ1v) is 10.7. The van der Waals surface area contributed by atoms with E-state index in [0.717, 1.165) is 16.6 Å². The summed E-state index contributed by atoms with van der Waals surface area (Å²) in [5.74, 6) is 0.822. The Balaban J connectivity index is 2.05. The van der Waals surface area contributed by atoms with Gasteiger partial charge >= 0.3 is 5.89 Å². The number of oxazole rings is 1. The van der Waals surface area contributed by atoms with E-state index in [9.17, 15) is 13.0 Å². The zero-order chi connectivity index (χ0) is 20.1. The van der Waals surface area contributed by atoms with Crippen molar-refractivity contribution in [3.05, 3.63) is 60.2 Å². The summed E-state index contributed by atoms with van der Waals surface area (Å²) in [5, 5.41) is 0. The van der Waals surface area contributed by atoms with Crippen LogP contribution in [0, 0.1) is 0 Å². The third kappa shape index (κ3) is 4.99. The smallest absolute Gasteiger partial charge is 0.377 e. The fourth-order valence-corrected chi connectivity index (χ4v) is 3.57. The van der Waals surface area contributed by atoms with Crippen molar-refractivity contribution < 1.29 is 26.7 Å². The Morgan fingerprint density at radius 3 is 2.61 bits per heavy atom. The van der Waals surface area contributed by atoms with Gasteiger partial charge in [-0.2, -0.15) is 4.57 Å². The Hall–Kier alpha value is -2.64. The van der Waals surface area contributed by atoms with Crippen LogP contribution in [-0.4, -0.2) is 25.3 Å². The van der Waals surface area contributed by atoms with E-state index in [1.54, 1.807) is 6.08 Å². The molecule has 7 heteroatoms. The van der Waals surface area contributed by atoms with E-state index in [0.29, 0.717) is 30.4 Å². The van der Waals surface area contributed by atoms with Crippen LogP contribution >= 0.6 is 0 Å². The maximum atomic E-state index is 11.0. The largest absolute Gasteiger partial charge is 0.748 e. The highest BCUT2D eigenvalue weighted by Gasteiger charge is 2.22. The van der Waals surface area contributed by atoms with Gasteiger partial charge in [0.05, 0.1) is 22.8 Å². The molecule has 0 aliphatic heterocycles. The first kappa shape index (κ1) is 20.1. The molecule has 1 aromatic heterocycles. The van der Waals surface area contributed by atoms with E-state index in [1.807, 2.05) is 66.9 Å². The van der Waals surface area contributed by atoms with Crippen molar-refractivity contribution in [1.82, 2.24) is 0 Å². The lowest BCUT2D eigenvalue weighted by molar-refractivity contribution is -0.677. The summed E-state index contributed by atoms with van der Waals surface area (Å²) in [7, 11) is -4.26. The van der Waals surface area contributed by atoms with Gasteiger partial charge in [0.25, 0.3) is 5.52 Å². The minimum atomic E-state index is -4.26. The second-order valence-corrected chi connectivity index (χ2v) is 7.97. The summed E-state index contributed by atoms with van der Waals surface area (Å²) in [6, 6.07) is 15.8. The van der Waals surface area contributed by atoms with E-state index >= 15 is 0 Å². The average molecular weight is 401 g/mol. The first-order valence-electron chi connectivity index (χ1n) is 9.14. The molecule has 0 N–H and O–H groups in total. The number of allylic oxidation sites excluding steroid dienone is 1. The molecule has 0 saturated heterocycles. The van der Waals surface area contributed by atoms with Gasteiger partial charge in [-0.3, -0.25) is 0 Å². The van der Waals surface area contributed by atoms with Crippen LogP contribution < -0.4 is 4.57 Å². The molecule has 3 rings (SSSR count). The molecule has 1 heterocycles. The third-order valence-corrected chi connectivity index (χ3v) is 5.10. The topological polar surface area (TPSA) is 83.5 Å². The highest BCUT2D eigenvalue weighted by atomic mass is 32.2. The highest BCUT2D eigenvalue weighted by Crippen LogP contribution is 2.24. The normalized spacial score (nSPS) is 12.5. The molecule has 0 spiro atoms. The molecule has 0 amide bonds. The summed E-state index contributed by atoms with van der Waals surface area (Å²) >= 11 is 0. The molecule has 3 aromatic rings. The van der Waals surface area contributed by atoms with Crippen molar-refractivity contribution in [3.8, 4) is 11.1 Å². The quantitative estimate of drug-likeness (QED) is 0.326. The minimum absolute atomic E-state index is 0.204. The number of hydrogen-bond acceptors (Lipinski definition) is 5. The van der Waals surface area contributed by atoms with Crippen molar-refractivity contribution in [2.45, 2.75) is 26.8 Å². The second kappa shape index (κ2) is 8.58. The maximum absolute atomic E-state index is 11.0. The second-order valence-electron chi connectivity index (χ2n) is 6.44. The number of ether oxygens (including phenoxy) is 1. The Kier molecular flexibility index (Phi) is 6.16. The Morgan fingerprint density at radius 1 is 1.18 bits per heavy atom. The van der Waals surface area contributed by atoms with Gasteiger partial charge in [-0.25, -0.2) is 8.42 Å². The van der Waals surface area contributed by atoms with E-state index in [4.69, 9.17) is 9.15 Å². The van der Waals surface area contributed by atoms with E-state index in [2.05, 4.69) is 0 Å². The molecule has 6 nitrogen and oxygen atoms in total. The van der Waals surface area contributed by atoms with E-state index in [1.165, 1.54) is 0 Å². The van der Waals surface area contributed by atoms with E-state index in [-0.39, 0.29) is 6.42 Å². The van der Waals surface area contributed by atoms with Crippen LogP contribution in [0.3, 0.4) is 0 Å². The van der Waals surface area contributed by atoms with Gasteiger partial charge in [0.15, 0.2) is 6.54 Å². The van der Waals surface area contributed by atoms with Gasteiger partial charge in [0.1, 0.15) is 5.76 Å². The van der Waals surface area contributed by atoms with Crippen LogP contribution in [-0.2, 0) is 21.4 Å². The zero-order valence-corrected chi connectivity index (χ0v) is 16.7. The predicted molar refractivity (Wildman–Crippen MR) is 106 cm³/mol. The van der Waals surface area contributed by atoms with Crippen LogP contribution in [0.4, 0.5) is 0 Å². The van der Waals surface area contributed by atoms with Crippen LogP contribution in [0.2, 0.25) is 0 Å². The molecule has 0 unspecified atom stereocenters. The first-order chi connectivity index (χ1) is 13.4. The molecule has 0 atom stereocenters. The van der Waals surface area contributed by atoms with Crippen LogP contribution in [0.15, 0.2) is 58.7 Å². The summed E-state index contributed by atoms with van der Waals surface area (Å²) in [6.45, 7) is 4.61. The van der Waals surface area contributed by atoms with Gasteiger partial charge in [-0.1, -0.05) is 36.4 Å². The molecule has 2 aromatic carbocycles. The SMILES string of the molecule is CCO/C(C)=C/c1oc2ccc(-c3ccccc3)cc2[n+]1CCCS(=O)(=O)[O-]. The molecule has 0 saturated carbocycles. The molecule has 0 fully saturated rings. The molecule has 0 aliphatic rings. The van der Waals surface area contributed by atoms with Crippen molar-refractivity contribution in [3.63, 3.8) is 0 Å². The molecule has 0 radical (unpaired) electrons. The Morgan fingerprint density at radius 2 is 1.93 bits per heavy atom. The van der Waals surface area contributed by atoms with Crippen LogP contribution in [0.5, 0.6) is 0 Å². The predicted octanol–water partition coefficient (Wildman–Crippen LogP) is 3.72. The van der Waals surface area contributed by atoms with Crippen LogP contribution in [0.25, 0.3) is 28.3 Å². The lowest BCUT2D eigenvalue weighted by Crippen LogP contribution is -2.36. The van der Waals surface area contributed by atoms with Crippen molar-refractivity contribution >= 4 is 27.3 Å². The molecular formula is C21H23NO5S. The number of fused-ring (bicyclic) bond motifs is 1. The number of benzene rings is 2. The van der Waals surface area contributed by atoms with Crippen LogP contribution in [0.1, 0.15) is 26.2 Å². The lowest BCUT2D eigenvalue weighted by atomic mass is 10.1. The van der Waals surface area contributed by atoms with Gasteiger partial charge in [0, 0.05) is 18.2 Å². The van der Waals surface area contributed by atoms with Gasteiger partial charge in [0.2, 0.25) is 5.58 Å². The summed E-state index contributed by atoms with van der Waals surface area (Å²) in [6.07, 6.45) is 1.98. The summed E-state index contributed by atoms with van der Waals surface area (Å²) < 4.78 is 46.3. The molecule has 148 valence electrons. The average Bonchev–Trinajstić information content (AvgIpc) is 2.98. The maximum Gasteiger partial charge on any atom is 0.377 e.